The number of hydrogen-bond acceptors (Lipinski definition) is 4. The summed E-state index contributed by atoms with van der Waals surface area (Å²) in [5.74, 6) is -0.269. The molecule has 0 spiro atoms. The number of aliphatic hydroxyl groups is 1. The van der Waals surface area contributed by atoms with Crippen LogP contribution in [0.5, 0.6) is 0 Å². The fraction of sp³-hybridized carbons (Fsp3) is 0.417. The van der Waals surface area contributed by atoms with Crippen LogP contribution in [0.4, 0.5) is 5.69 Å². The SMILES string of the molecule is Nc1ccc(Br)c(C(=O)NCC2(O)CCOC2)c1. The molecule has 1 aromatic rings. The van der Waals surface area contributed by atoms with Crippen LogP contribution >= 0.6 is 15.9 Å². The maximum atomic E-state index is 12.0. The zero-order valence-corrected chi connectivity index (χ0v) is 11.4. The normalized spacial score (nSPS) is 23.0. The van der Waals surface area contributed by atoms with E-state index < -0.39 is 5.60 Å². The van der Waals surface area contributed by atoms with Crippen molar-refractivity contribution in [1.29, 1.82) is 0 Å². The van der Waals surface area contributed by atoms with E-state index in [4.69, 9.17) is 10.5 Å². The predicted molar refractivity (Wildman–Crippen MR) is 71.3 cm³/mol. The van der Waals surface area contributed by atoms with E-state index in [2.05, 4.69) is 21.2 Å². The summed E-state index contributed by atoms with van der Waals surface area (Å²) in [5, 5.41) is 12.7. The molecule has 0 aromatic heterocycles. The third-order valence-corrected chi connectivity index (χ3v) is 3.59. The maximum absolute atomic E-state index is 12.0. The molecule has 0 radical (unpaired) electrons. The van der Waals surface area contributed by atoms with Gasteiger partial charge in [-0.1, -0.05) is 0 Å². The van der Waals surface area contributed by atoms with Crippen molar-refractivity contribution in [3.05, 3.63) is 28.2 Å². The van der Waals surface area contributed by atoms with E-state index in [0.29, 0.717) is 28.8 Å². The molecule has 0 bridgehead atoms. The third kappa shape index (κ3) is 3.01. The van der Waals surface area contributed by atoms with Crippen molar-refractivity contribution in [2.45, 2.75) is 12.0 Å². The number of carbonyl (C=O) groups excluding carboxylic acids is 1. The summed E-state index contributed by atoms with van der Waals surface area (Å²) in [6, 6.07) is 5.02. The van der Waals surface area contributed by atoms with Gasteiger partial charge in [-0.25, -0.2) is 0 Å². The van der Waals surface area contributed by atoms with Gasteiger partial charge in [-0.2, -0.15) is 0 Å². The predicted octanol–water partition coefficient (Wildman–Crippen LogP) is 0.913. The van der Waals surface area contributed by atoms with Gasteiger partial charge >= 0.3 is 0 Å². The number of rotatable bonds is 3. The van der Waals surface area contributed by atoms with Crippen LogP contribution in [0.1, 0.15) is 16.8 Å². The van der Waals surface area contributed by atoms with E-state index in [1.807, 2.05) is 0 Å². The van der Waals surface area contributed by atoms with Crippen molar-refractivity contribution < 1.29 is 14.6 Å². The molecule has 5 nitrogen and oxygen atoms in total. The summed E-state index contributed by atoms with van der Waals surface area (Å²) in [6.45, 7) is 0.951. The molecule has 18 heavy (non-hydrogen) atoms. The van der Waals surface area contributed by atoms with Crippen LogP contribution in [0.25, 0.3) is 0 Å². The molecular weight excluding hydrogens is 300 g/mol. The van der Waals surface area contributed by atoms with Crippen molar-refractivity contribution in [2.75, 3.05) is 25.5 Å². The number of nitrogens with two attached hydrogens (primary N) is 1. The molecule has 1 heterocycles. The van der Waals surface area contributed by atoms with Crippen LogP contribution in [0.2, 0.25) is 0 Å². The highest BCUT2D eigenvalue weighted by Gasteiger charge is 2.32. The summed E-state index contributed by atoms with van der Waals surface area (Å²) < 4.78 is 5.78. The second kappa shape index (κ2) is 5.26. The fourth-order valence-electron chi connectivity index (χ4n) is 1.79. The molecule has 2 rings (SSSR count). The Labute approximate surface area is 113 Å². The molecule has 1 aliphatic heterocycles. The Morgan fingerprint density at radius 3 is 3.06 bits per heavy atom. The van der Waals surface area contributed by atoms with E-state index in [1.54, 1.807) is 18.2 Å². The molecule has 1 unspecified atom stereocenters. The number of amides is 1. The van der Waals surface area contributed by atoms with E-state index in [-0.39, 0.29) is 19.1 Å². The smallest absolute Gasteiger partial charge is 0.252 e. The van der Waals surface area contributed by atoms with Gasteiger partial charge in [0.05, 0.1) is 12.2 Å². The number of nitrogen functional groups attached to an aromatic ring is 1. The van der Waals surface area contributed by atoms with Crippen LogP contribution in [-0.2, 0) is 4.74 Å². The Hall–Kier alpha value is -1.11. The lowest BCUT2D eigenvalue weighted by Gasteiger charge is -2.20. The summed E-state index contributed by atoms with van der Waals surface area (Å²) in [4.78, 5) is 12.0. The summed E-state index contributed by atoms with van der Waals surface area (Å²) >= 11 is 3.29. The first kappa shape index (κ1) is 13.3. The van der Waals surface area contributed by atoms with Gasteiger partial charge in [-0.15, -0.1) is 0 Å². The van der Waals surface area contributed by atoms with Crippen molar-refractivity contribution >= 4 is 27.5 Å². The quantitative estimate of drug-likeness (QED) is 0.724. The van der Waals surface area contributed by atoms with Crippen molar-refractivity contribution in [2.24, 2.45) is 0 Å². The number of benzene rings is 1. The van der Waals surface area contributed by atoms with Crippen LogP contribution in [0.15, 0.2) is 22.7 Å². The molecular formula is C12H15BrN2O3. The Balaban J connectivity index is 2.01. The highest BCUT2D eigenvalue weighted by atomic mass is 79.9. The van der Waals surface area contributed by atoms with E-state index in [1.165, 1.54) is 0 Å². The molecule has 1 aromatic carbocycles. The number of halogens is 1. The van der Waals surface area contributed by atoms with Crippen molar-refractivity contribution in [3.8, 4) is 0 Å². The first-order valence-electron chi connectivity index (χ1n) is 5.63. The molecule has 4 N–H and O–H groups in total. The lowest BCUT2D eigenvalue weighted by Crippen LogP contribution is -2.43. The van der Waals surface area contributed by atoms with Gasteiger partial charge in [0.25, 0.3) is 5.91 Å². The maximum Gasteiger partial charge on any atom is 0.252 e. The van der Waals surface area contributed by atoms with Crippen LogP contribution in [0.3, 0.4) is 0 Å². The highest BCUT2D eigenvalue weighted by molar-refractivity contribution is 9.10. The molecule has 0 saturated carbocycles. The molecule has 1 amide bonds. The molecule has 0 aliphatic carbocycles. The van der Waals surface area contributed by atoms with Crippen LogP contribution in [0, 0.1) is 0 Å². The minimum absolute atomic E-state index is 0.174. The number of hydrogen-bond donors (Lipinski definition) is 3. The number of anilines is 1. The molecule has 1 atom stereocenters. The van der Waals surface area contributed by atoms with E-state index in [0.717, 1.165) is 0 Å². The Morgan fingerprint density at radius 1 is 1.61 bits per heavy atom. The third-order valence-electron chi connectivity index (χ3n) is 2.90. The van der Waals surface area contributed by atoms with Gasteiger partial charge in [-0.05, 0) is 34.1 Å². The topological polar surface area (TPSA) is 84.6 Å². The number of ether oxygens (including phenoxy) is 1. The summed E-state index contributed by atoms with van der Waals surface area (Å²) in [5.41, 5.74) is 5.66. The molecule has 98 valence electrons. The lowest BCUT2D eigenvalue weighted by atomic mass is 10.0. The van der Waals surface area contributed by atoms with Crippen molar-refractivity contribution in [1.82, 2.24) is 5.32 Å². The molecule has 1 aliphatic rings. The fourth-order valence-corrected chi connectivity index (χ4v) is 2.22. The first-order valence-corrected chi connectivity index (χ1v) is 6.43. The van der Waals surface area contributed by atoms with Gasteiger partial charge in [0, 0.05) is 29.7 Å². The zero-order valence-electron chi connectivity index (χ0n) is 9.78. The first-order chi connectivity index (χ1) is 8.50. The second-order valence-electron chi connectivity index (χ2n) is 4.45. The monoisotopic (exact) mass is 314 g/mol. The second-order valence-corrected chi connectivity index (χ2v) is 5.30. The van der Waals surface area contributed by atoms with Gasteiger partial charge in [-0.3, -0.25) is 4.79 Å². The Morgan fingerprint density at radius 2 is 2.39 bits per heavy atom. The van der Waals surface area contributed by atoms with Gasteiger partial charge in [0.1, 0.15) is 5.60 Å². The highest BCUT2D eigenvalue weighted by Crippen LogP contribution is 2.20. The molecule has 1 fully saturated rings. The largest absolute Gasteiger partial charge is 0.399 e. The van der Waals surface area contributed by atoms with Gasteiger partial charge in [0.2, 0.25) is 0 Å². The van der Waals surface area contributed by atoms with Crippen LogP contribution in [-0.4, -0.2) is 36.4 Å². The Bertz CT molecular complexity index is 459. The molecule has 6 heteroatoms. The van der Waals surface area contributed by atoms with Gasteiger partial charge in [0.15, 0.2) is 0 Å². The summed E-state index contributed by atoms with van der Waals surface area (Å²) in [6.07, 6.45) is 0.533. The average Bonchev–Trinajstić information content (AvgIpc) is 2.77. The minimum atomic E-state index is -0.956. The lowest BCUT2D eigenvalue weighted by molar-refractivity contribution is 0.0264. The van der Waals surface area contributed by atoms with Crippen LogP contribution < -0.4 is 11.1 Å². The van der Waals surface area contributed by atoms with Gasteiger partial charge < -0.3 is 20.9 Å². The van der Waals surface area contributed by atoms with Crippen molar-refractivity contribution in [3.63, 3.8) is 0 Å². The van der Waals surface area contributed by atoms with E-state index >= 15 is 0 Å². The number of nitrogens with one attached hydrogen (secondary N) is 1. The number of carbonyl (C=O) groups is 1. The zero-order chi connectivity index (χ0) is 13.2. The summed E-state index contributed by atoms with van der Waals surface area (Å²) in [7, 11) is 0. The minimum Gasteiger partial charge on any atom is -0.399 e. The molecule has 1 saturated heterocycles. The standard InChI is InChI=1S/C12H15BrN2O3/c13-10-2-1-8(14)5-9(10)11(16)15-6-12(17)3-4-18-7-12/h1-2,5,17H,3-4,6-7,14H2,(H,15,16). The average molecular weight is 315 g/mol. The van der Waals surface area contributed by atoms with E-state index in [9.17, 15) is 9.90 Å². The Kier molecular flexibility index (Phi) is 3.89.